The molecule has 0 radical (unpaired) electrons. The van der Waals surface area contributed by atoms with Crippen molar-refractivity contribution in [1.82, 2.24) is 10.3 Å². The first-order valence-electron chi connectivity index (χ1n) is 6.76. The van der Waals surface area contributed by atoms with Crippen LogP contribution in [0.25, 0.3) is 0 Å². The molecule has 8 heteroatoms. The summed E-state index contributed by atoms with van der Waals surface area (Å²) in [5.74, 6) is -0.759. The summed E-state index contributed by atoms with van der Waals surface area (Å²) in [7, 11) is 0. The van der Waals surface area contributed by atoms with E-state index in [1.54, 1.807) is 0 Å². The minimum Gasteiger partial charge on any atom is -0.368 e. The van der Waals surface area contributed by atoms with E-state index in [0.717, 1.165) is 22.8 Å². The fourth-order valence-corrected chi connectivity index (χ4v) is 2.79. The van der Waals surface area contributed by atoms with Gasteiger partial charge in [0.2, 0.25) is 5.91 Å². The third kappa shape index (κ3) is 3.89. The number of aromatic nitrogens is 1. The van der Waals surface area contributed by atoms with Gasteiger partial charge < -0.3 is 5.73 Å². The van der Waals surface area contributed by atoms with Crippen molar-refractivity contribution in [3.05, 3.63) is 51.5 Å². The molecule has 0 fully saturated rings. The number of halogens is 3. The van der Waals surface area contributed by atoms with Crippen molar-refractivity contribution in [1.29, 1.82) is 0 Å². The average molecular weight is 343 g/mol. The molecule has 0 aliphatic heterocycles. The molecule has 0 unspecified atom stereocenters. The second-order valence-corrected chi connectivity index (χ2v) is 6.25. The van der Waals surface area contributed by atoms with E-state index >= 15 is 0 Å². The lowest BCUT2D eigenvalue weighted by atomic mass is 9.90. The predicted molar refractivity (Wildman–Crippen MR) is 81.7 cm³/mol. The van der Waals surface area contributed by atoms with E-state index in [-0.39, 0.29) is 12.1 Å². The van der Waals surface area contributed by atoms with Gasteiger partial charge in [-0.2, -0.15) is 13.2 Å². The first kappa shape index (κ1) is 17.4. The van der Waals surface area contributed by atoms with Crippen LogP contribution in [0.1, 0.15) is 28.8 Å². The van der Waals surface area contributed by atoms with E-state index < -0.39 is 23.2 Å². The van der Waals surface area contributed by atoms with Gasteiger partial charge in [-0.05, 0) is 31.5 Å². The van der Waals surface area contributed by atoms with Crippen LogP contribution in [-0.2, 0) is 23.1 Å². The van der Waals surface area contributed by atoms with Gasteiger partial charge in [-0.1, -0.05) is 12.1 Å². The molecular weight excluding hydrogens is 327 g/mol. The average Bonchev–Trinajstić information content (AvgIpc) is 2.89. The molecule has 23 heavy (non-hydrogen) atoms. The predicted octanol–water partition coefficient (Wildman–Crippen LogP) is 2.96. The molecule has 2 rings (SSSR count). The highest BCUT2D eigenvalue weighted by Gasteiger charge is 2.36. The fraction of sp³-hybridized carbons (Fsp3) is 0.333. The standard InChI is InChI=1S/C15H16F3N3OS/c1-9-8-23-12(21-9)7-20-14(2,13(19)22)10-4-3-5-11(6-10)15(16,17)18/h3-6,8,20H,7H2,1-2H3,(H2,19,22)/t14-/m0/s1. The van der Waals surface area contributed by atoms with Crippen molar-refractivity contribution < 1.29 is 18.0 Å². The van der Waals surface area contributed by atoms with E-state index in [4.69, 9.17) is 5.73 Å². The zero-order valence-corrected chi connectivity index (χ0v) is 13.4. The molecule has 0 bridgehead atoms. The summed E-state index contributed by atoms with van der Waals surface area (Å²) in [5.41, 5.74) is 4.18. The maximum Gasteiger partial charge on any atom is 0.416 e. The van der Waals surface area contributed by atoms with Crippen LogP contribution in [0, 0.1) is 6.92 Å². The van der Waals surface area contributed by atoms with Crippen LogP contribution in [0.4, 0.5) is 13.2 Å². The van der Waals surface area contributed by atoms with Crippen LogP contribution < -0.4 is 11.1 Å². The second-order valence-electron chi connectivity index (χ2n) is 5.30. The number of primary amides is 1. The third-order valence-corrected chi connectivity index (χ3v) is 4.49. The summed E-state index contributed by atoms with van der Waals surface area (Å²) in [6, 6.07) is 4.59. The lowest BCUT2D eigenvalue weighted by Gasteiger charge is -2.28. The molecular formula is C15H16F3N3OS. The Labute approximate surface area is 135 Å². The Bertz CT molecular complexity index is 714. The number of hydrogen-bond donors (Lipinski definition) is 2. The molecule has 124 valence electrons. The fourth-order valence-electron chi connectivity index (χ4n) is 2.07. The lowest BCUT2D eigenvalue weighted by Crippen LogP contribution is -2.50. The summed E-state index contributed by atoms with van der Waals surface area (Å²) < 4.78 is 38.6. The molecule has 3 N–H and O–H groups in total. The van der Waals surface area contributed by atoms with Gasteiger partial charge in [0.1, 0.15) is 10.5 Å². The van der Waals surface area contributed by atoms with Crippen molar-refractivity contribution in [3.8, 4) is 0 Å². The van der Waals surface area contributed by atoms with E-state index in [1.807, 2.05) is 12.3 Å². The first-order valence-corrected chi connectivity index (χ1v) is 7.64. The van der Waals surface area contributed by atoms with Crippen molar-refractivity contribution in [2.24, 2.45) is 5.73 Å². The van der Waals surface area contributed by atoms with Crippen molar-refractivity contribution in [2.75, 3.05) is 0 Å². The number of carbonyl (C=O) groups excluding carboxylic acids is 1. The molecule has 2 aromatic rings. The zero-order chi connectivity index (χ0) is 17.3. The number of rotatable bonds is 5. The van der Waals surface area contributed by atoms with Crippen molar-refractivity contribution in [2.45, 2.75) is 32.1 Å². The van der Waals surface area contributed by atoms with Gasteiger partial charge in [0.05, 0.1) is 5.56 Å². The lowest BCUT2D eigenvalue weighted by molar-refractivity contribution is -0.138. The molecule has 1 heterocycles. The third-order valence-electron chi connectivity index (χ3n) is 3.52. The van der Waals surface area contributed by atoms with E-state index in [9.17, 15) is 18.0 Å². The van der Waals surface area contributed by atoms with E-state index in [0.29, 0.717) is 0 Å². The molecule has 0 aliphatic rings. The molecule has 1 amide bonds. The summed E-state index contributed by atoms with van der Waals surface area (Å²) in [6.45, 7) is 3.53. The Balaban J connectivity index is 2.31. The van der Waals surface area contributed by atoms with E-state index in [1.165, 1.54) is 30.4 Å². The Kier molecular flexibility index (Phi) is 4.76. The number of benzene rings is 1. The molecule has 1 atom stereocenters. The number of nitrogens with zero attached hydrogens (tertiary/aromatic N) is 1. The highest BCUT2D eigenvalue weighted by atomic mass is 32.1. The summed E-state index contributed by atoms with van der Waals surface area (Å²) in [4.78, 5) is 16.1. The second kappa shape index (κ2) is 6.29. The maximum absolute atomic E-state index is 12.9. The van der Waals surface area contributed by atoms with Gasteiger partial charge in [-0.15, -0.1) is 11.3 Å². The summed E-state index contributed by atoms with van der Waals surface area (Å²) in [6.07, 6.45) is -4.49. The molecule has 4 nitrogen and oxygen atoms in total. The number of nitrogens with one attached hydrogen (secondary N) is 1. The monoisotopic (exact) mass is 343 g/mol. The number of thiazole rings is 1. The van der Waals surface area contributed by atoms with E-state index in [2.05, 4.69) is 10.3 Å². The number of hydrogen-bond acceptors (Lipinski definition) is 4. The quantitative estimate of drug-likeness (QED) is 0.877. The largest absolute Gasteiger partial charge is 0.416 e. The molecule has 1 aromatic heterocycles. The Morgan fingerprint density at radius 2 is 2.00 bits per heavy atom. The van der Waals surface area contributed by atoms with Gasteiger partial charge in [0, 0.05) is 17.6 Å². The molecule has 0 spiro atoms. The molecule has 0 aliphatic carbocycles. The molecule has 1 aromatic carbocycles. The normalized spacial score (nSPS) is 14.5. The highest BCUT2D eigenvalue weighted by molar-refractivity contribution is 7.09. The molecule has 0 saturated heterocycles. The number of carbonyl (C=O) groups is 1. The minimum absolute atomic E-state index is 0.160. The summed E-state index contributed by atoms with van der Waals surface area (Å²) >= 11 is 1.40. The van der Waals surface area contributed by atoms with Crippen LogP contribution in [0.2, 0.25) is 0 Å². The summed E-state index contributed by atoms with van der Waals surface area (Å²) in [5, 5.41) is 5.50. The number of aryl methyl sites for hydroxylation is 1. The highest BCUT2D eigenvalue weighted by Crippen LogP contribution is 2.32. The maximum atomic E-state index is 12.9. The van der Waals surface area contributed by atoms with Gasteiger partial charge in [-0.3, -0.25) is 10.1 Å². The van der Waals surface area contributed by atoms with Crippen molar-refractivity contribution in [3.63, 3.8) is 0 Å². The van der Waals surface area contributed by atoms with Gasteiger partial charge >= 0.3 is 6.18 Å². The van der Waals surface area contributed by atoms with Gasteiger partial charge in [0.15, 0.2) is 0 Å². The Hall–Kier alpha value is -1.93. The van der Waals surface area contributed by atoms with Crippen LogP contribution in [0.15, 0.2) is 29.6 Å². The van der Waals surface area contributed by atoms with Crippen molar-refractivity contribution >= 4 is 17.2 Å². The SMILES string of the molecule is Cc1csc(CN[C@](C)(C(N)=O)c2cccc(C(F)(F)F)c2)n1. The molecule has 0 saturated carbocycles. The van der Waals surface area contributed by atoms with Gasteiger partial charge in [0.25, 0.3) is 0 Å². The Morgan fingerprint density at radius 1 is 1.35 bits per heavy atom. The van der Waals surface area contributed by atoms with Crippen LogP contribution in [-0.4, -0.2) is 10.9 Å². The smallest absolute Gasteiger partial charge is 0.368 e. The first-order chi connectivity index (χ1) is 10.6. The minimum atomic E-state index is -4.49. The van der Waals surface area contributed by atoms with Crippen LogP contribution in [0.3, 0.4) is 0 Å². The zero-order valence-electron chi connectivity index (χ0n) is 12.6. The van der Waals surface area contributed by atoms with Gasteiger partial charge in [-0.25, -0.2) is 4.98 Å². The number of alkyl halides is 3. The van der Waals surface area contributed by atoms with Crippen LogP contribution >= 0.6 is 11.3 Å². The number of nitrogens with two attached hydrogens (primary N) is 1. The topological polar surface area (TPSA) is 68.0 Å². The van der Waals surface area contributed by atoms with Crippen LogP contribution in [0.5, 0.6) is 0 Å². The Morgan fingerprint density at radius 3 is 2.52 bits per heavy atom. The number of amides is 1.